The van der Waals surface area contributed by atoms with Crippen molar-refractivity contribution in [3.05, 3.63) is 29.3 Å². The van der Waals surface area contributed by atoms with Crippen molar-refractivity contribution < 1.29 is 19.4 Å². The number of carbonyl (C=O) groups excluding carboxylic acids is 1. The Morgan fingerprint density at radius 1 is 1.35 bits per heavy atom. The Balaban J connectivity index is 2.32. The lowest BCUT2D eigenvalue weighted by Gasteiger charge is -2.27. The third-order valence-electron chi connectivity index (χ3n) is 2.84. The maximum absolute atomic E-state index is 11.2. The number of hydrogen-bond donors (Lipinski definition) is 2. The summed E-state index contributed by atoms with van der Waals surface area (Å²) in [5.41, 5.74) is 5.52. The van der Waals surface area contributed by atoms with Crippen molar-refractivity contribution in [1.82, 2.24) is 0 Å². The molecule has 0 spiro atoms. The van der Waals surface area contributed by atoms with E-state index in [0.717, 1.165) is 19.3 Å². The third kappa shape index (κ3) is 2.38. The van der Waals surface area contributed by atoms with Crippen LogP contribution in [0, 0.1) is 0 Å². The fraction of sp³-hybridized carbons (Fsp3) is 0.333. The molecule has 1 aromatic carbocycles. The summed E-state index contributed by atoms with van der Waals surface area (Å²) < 4.78 is 5.57. The van der Waals surface area contributed by atoms with Crippen LogP contribution in [0.1, 0.15) is 40.0 Å². The predicted molar refractivity (Wildman–Crippen MR) is 60.2 cm³/mol. The van der Waals surface area contributed by atoms with Gasteiger partial charge in [0.15, 0.2) is 0 Å². The topological polar surface area (TPSA) is 89.6 Å². The van der Waals surface area contributed by atoms with E-state index in [-0.39, 0.29) is 23.0 Å². The van der Waals surface area contributed by atoms with E-state index in [4.69, 9.17) is 15.6 Å². The van der Waals surface area contributed by atoms with Gasteiger partial charge in [0.1, 0.15) is 5.75 Å². The number of primary amides is 1. The molecule has 2 rings (SSSR count). The third-order valence-corrected chi connectivity index (χ3v) is 2.84. The van der Waals surface area contributed by atoms with Crippen molar-refractivity contribution in [1.29, 1.82) is 0 Å². The number of aromatic carboxylic acids is 1. The summed E-state index contributed by atoms with van der Waals surface area (Å²) in [6, 6.07) is 4.08. The van der Waals surface area contributed by atoms with Gasteiger partial charge in [-0.15, -0.1) is 0 Å². The van der Waals surface area contributed by atoms with E-state index >= 15 is 0 Å². The van der Waals surface area contributed by atoms with E-state index in [9.17, 15) is 9.59 Å². The number of ether oxygens (including phenoxy) is 1. The minimum absolute atomic E-state index is 0.0668. The van der Waals surface area contributed by atoms with Crippen LogP contribution in [0.5, 0.6) is 5.75 Å². The van der Waals surface area contributed by atoms with Crippen molar-refractivity contribution in [3.63, 3.8) is 0 Å². The number of nitrogens with two attached hydrogens (primary N) is 1. The van der Waals surface area contributed by atoms with Crippen LogP contribution in [0.4, 0.5) is 0 Å². The van der Waals surface area contributed by atoms with Gasteiger partial charge in [0.05, 0.1) is 17.2 Å². The lowest BCUT2D eigenvalue weighted by Crippen LogP contribution is -2.26. The average Bonchev–Trinajstić information content (AvgIpc) is 2.22. The first-order valence-electron chi connectivity index (χ1n) is 5.41. The van der Waals surface area contributed by atoms with Crippen LogP contribution in [0.2, 0.25) is 0 Å². The number of carboxylic acids is 1. The Kier molecular flexibility index (Phi) is 2.99. The second kappa shape index (κ2) is 4.45. The Morgan fingerprint density at radius 2 is 2.06 bits per heavy atom. The van der Waals surface area contributed by atoms with E-state index in [1.54, 1.807) is 0 Å². The molecule has 5 heteroatoms. The molecule has 1 aromatic rings. The molecule has 1 amide bonds. The smallest absolute Gasteiger partial charge is 0.335 e. The molecule has 0 unspecified atom stereocenters. The summed E-state index contributed by atoms with van der Waals surface area (Å²) in [6.45, 7) is 0. The van der Waals surface area contributed by atoms with Gasteiger partial charge in [-0.05, 0) is 37.5 Å². The van der Waals surface area contributed by atoms with Crippen molar-refractivity contribution >= 4 is 11.9 Å². The van der Waals surface area contributed by atoms with E-state index in [1.165, 1.54) is 18.2 Å². The highest BCUT2D eigenvalue weighted by atomic mass is 16.5. The first-order valence-corrected chi connectivity index (χ1v) is 5.41. The number of benzene rings is 1. The van der Waals surface area contributed by atoms with Crippen LogP contribution < -0.4 is 10.5 Å². The second-order valence-corrected chi connectivity index (χ2v) is 4.05. The van der Waals surface area contributed by atoms with Gasteiger partial charge in [0.25, 0.3) is 5.91 Å². The molecule has 1 fully saturated rings. The van der Waals surface area contributed by atoms with Crippen LogP contribution in [-0.4, -0.2) is 23.1 Å². The van der Waals surface area contributed by atoms with E-state index < -0.39 is 11.9 Å². The van der Waals surface area contributed by atoms with Crippen LogP contribution in [0.3, 0.4) is 0 Å². The second-order valence-electron chi connectivity index (χ2n) is 4.05. The molecule has 1 aliphatic carbocycles. The largest absolute Gasteiger partial charge is 0.490 e. The van der Waals surface area contributed by atoms with Gasteiger partial charge in [-0.3, -0.25) is 4.79 Å². The Hall–Kier alpha value is -2.04. The number of carboxylic acid groups (broad SMARTS) is 1. The molecule has 0 saturated heterocycles. The first kappa shape index (κ1) is 11.4. The SMILES string of the molecule is NC(=O)c1ccc(C(=O)O)cc1OC1CCC1. The zero-order valence-electron chi connectivity index (χ0n) is 9.18. The van der Waals surface area contributed by atoms with Gasteiger partial charge in [-0.1, -0.05) is 0 Å². The van der Waals surface area contributed by atoms with E-state index in [0.29, 0.717) is 0 Å². The summed E-state index contributed by atoms with van der Waals surface area (Å²) in [6.07, 6.45) is 3.01. The number of rotatable bonds is 4. The molecule has 5 nitrogen and oxygen atoms in total. The van der Waals surface area contributed by atoms with Gasteiger partial charge in [0, 0.05) is 0 Å². The molecule has 17 heavy (non-hydrogen) atoms. The Labute approximate surface area is 98.2 Å². The van der Waals surface area contributed by atoms with Crippen molar-refractivity contribution in [2.24, 2.45) is 5.73 Å². The summed E-state index contributed by atoms with van der Waals surface area (Å²) in [7, 11) is 0. The summed E-state index contributed by atoms with van der Waals surface area (Å²) in [5, 5.41) is 8.87. The molecular weight excluding hydrogens is 222 g/mol. The average molecular weight is 235 g/mol. The van der Waals surface area contributed by atoms with Crippen LogP contribution >= 0.6 is 0 Å². The molecule has 90 valence electrons. The van der Waals surface area contributed by atoms with E-state index in [1.807, 2.05) is 0 Å². The minimum Gasteiger partial charge on any atom is -0.490 e. The number of carbonyl (C=O) groups is 2. The zero-order valence-corrected chi connectivity index (χ0v) is 9.18. The monoisotopic (exact) mass is 235 g/mol. The van der Waals surface area contributed by atoms with Gasteiger partial charge in [-0.2, -0.15) is 0 Å². The Bertz CT molecular complexity index is 466. The molecule has 1 saturated carbocycles. The summed E-state index contributed by atoms with van der Waals surface area (Å²) in [4.78, 5) is 22.0. The summed E-state index contributed by atoms with van der Waals surface area (Å²) in [5.74, 6) is -1.40. The van der Waals surface area contributed by atoms with Gasteiger partial charge in [-0.25, -0.2) is 4.79 Å². The van der Waals surface area contributed by atoms with Crippen molar-refractivity contribution in [2.75, 3.05) is 0 Å². The molecule has 0 aliphatic heterocycles. The highest BCUT2D eigenvalue weighted by Crippen LogP contribution is 2.28. The quantitative estimate of drug-likeness (QED) is 0.825. The Morgan fingerprint density at radius 3 is 2.53 bits per heavy atom. The highest BCUT2D eigenvalue weighted by Gasteiger charge is 2.22. The first-order chi connectivity index (χ1) is 8.08. The summed E-state index contributed by atoms with van der Waals surface area (Å²) >= 11 is 0. The van der Waals surface area contributed by atoms with Crippen molar-refractivity contribution in [2.45, 2.75) is 25.4 Å². The van der Waals surface area contributed by atoms with Gasteiger partial charge < -0.3 is 15.6 Å². The fourth-order valence-electron chi connectivity index (χ4n) is 1.62. The molecule has 3 N–H and O–H groups in total. The standard InChI is InChI=1S/C12H13NO4/c13-11(14)9-5-4-7(12(15)16)6-10(9)17-8-2-1-3-8/h4-6,8H,1-3H2,(H2,13,14)(H,15,16). The van der Waals surface area contributed by atoms with Crippen molar-refractivity contribution in [3.8, 4) is 5.75 Å². The molecule has 0 atom stereocenters. The molecule has 0 aromatic heterocycles. The lowest BCUT2D eigenvalue weighted by molar-refractivity contribution is 0.0693. The molecule has 0 heterocycles. The maximum Gasteiger partial charge on any atom is 0.335 e. The molecular formula is C12H13NO4. The van der Waals surface area contributed by atoms with Gasteiger partial charge >= 0.3 is 5.97 Å². The molecule has 0 bridgehead atoms. The highest BCUT2D eigenvalue weighted by molar-refractivity contribution is 5.97. The lowest BCUT2D eigenvalue weighted by atomic mass is 9.96. The van der Waals surface area contributed by atoms with E-state index in [2.05, 4.69) is 0 Å². The van der Waals surface area contributed by atoms with Crippen LogP contribution in [0.15, 0.2) is 18.2 Å². The predicted octanol–water partition coefficient (Wildman–Crippen LogP) is 1.42. The normalized spacial score (nSPS) is 15.1. The maximum atomic E-state index is 11.2. The molecule has 0 radical (unpaired) electrons. The molecule has 1 aliphatic rings. The van der Waals surface area contributed by atoms with Crippen LogP contribution in [0.25, 0.3) is 0 Å². The zero-order chi connectivity index (χ0) is 12.4. The number of hydrogen-bond acceptors (Lipinski definition) is 3. The fourth-order valence-corrected chi connectivity index (χ4v) is 1.62. The minimum atomic E-state index is -1.06. The van der Waals surface area contributed by atoms with Gasteiger partial charge in [0.2, 0.25) is 0 Å². The number of amides is 1. The van der Waals surface area contributed by atoms with Crippen LogP contribution in [-0.2, 0) is 0 Å².